The molecule has 2 atom stereocenters. The maximum Gasteiger partial charge on any atom is 0.410 e. The van der Waals surface area contributed by atoms with Gasteiger partial charge in [-0.3, -0.25) is 0 Å². The molecule has 0 bridgehead atoms. The predicted octanol–water partition coefficient (Wildman–Crippen LogP) is 3.14. The summed E-state index contributed by atoms with van der Waals surface area (Å²) in [5.74, 6) is 0. The van der Waals surface area contributed by atoms with E-state index in [2.05, 4.69) is 32.3 Å². The Kier molecular flexibility index (Phi) is 7.59. The molecule has 1 saturated heterocycles. The highest BCUT2D eigenvalue weighted by atomic mass is 32.2. The van der Waals surface area contributed by atoms with Gasteiger partial charge in [0.05, 0.1) is 19.3 Å². The van der Waals surface area contributed by atoms with E-state index in [1.54, 1.807) is 4.90 Å². The molecule has 0 saturated carbocycles. The average Bonchev–Trinajstić information content (AvgIpc) is 2.65. The van der Waals surface area contributed by atoms with Crippen LogP contribution in [0.2, 0.25) is 0 Å². The molecule has 140 valence electrons. The van der Waals surface area contributed by atoms with Gasteiger partial charge < -0.3 is 19.7 Å². The summed E-state index contributed by atoms with van der Waals surface area (Å²) in [4.78, 5) is 14.1. The van der Waals surface area contributed by atoms with Crippen LogP contribution in [0.25, 0.3) is 0 Å². The predicted molar refractivity (Wildman–Crippen MR) is 103 cm³/mol. The van der Waals surface area contributed by atoms with Crippen molar-refractivity contribution in [2.45, 2.75) is 44.3 Å². The lowest BCUT2D eigenvalue weighted by Gasteiger charge is -2.36. The van der Waals surface area contributed by atoms with E-state index in [4.69, 9.17) is 9.47 Å². The number of thioether (sulfide) groups is 1. The Morgan fingerprint density at radius 1 is 1.44 bits per heavy atom. The Hall–Kier alpha value is -1.24. The smallest absolute Gasteiger partial charge is 0.410 e. The van der Waals surface area contributed by atoms with E-state index < -0.39 is 0 Å². The molecule has 1 amide bonds. The van der Waals surface area contributed by atoms with Gasteiger partial charge >= 0.3 is 6.09 Å². The molecule has 1 aliphatic heterocycles. The first-order chi connectivity index (χ1) is 11.9. The third-order valence-corrected chi connectivity index (χ3v) is 5.77. The molecule has 0 radical (unpaired) electrons. The molecular weight excluding hydrogens is 336 g/mol. The van der Waals surface area contributed by atoms with Crippen LogP contribution in [0.1, 0.15) is 26.3 Å². The lowest BCUT2D eigenvalue weighted by Crippen LogP contribution is -2.54. The van der Waals surface area contributed by atoms with Crippen LogP contribution in [-0.2, 0) is 16.1 Å². The number of ether oxygens (including phenoxy) is 2. The minimum Gasteiger partial charge on any atom is -0.445 e. The number of hydrogen-bond donors (Lipinski definition) is 1. The molecule has 0 spiro atoms. The summed E-state index contributed by atoms with van der Waals surface area (Å²) in [6.07, 6.45) is 1.83. The Bertz CT molecular complexity index is 539. The van der Waals surface area contributed by atoms with Crippen molar-refractivity contribution in [3.63, 3.8) is 0 Å². The Labute approximate surface area is 155 Å². The fourth-order valence-corrected chi connectivity index (χ4v) is 2.79. The van der Waals surface area contributed by atoms with E-state index in [0.29, 0.717) is 26.3 Å². The summed E-state index contributed by atoms with van der Waals surface area (Å²) < 4.78 is 11.5. The summed E-state index contributed by atoms with van der Waals surface area (Å²) >= 11 is 1.84. The lowest BCUT2D eigenvalue weighted by molar-refractivity contribution is -0.0418. The number of nitrogens with one attached hydrogen (secondary N) is 1. The molecule has 0 aliphatic carbocycles. The molecule has 5 nitrogen and oxygen atoms in total. The SMILES string of the molecule is CSC(C)(C)CN[C@@H](C)[C@H]1CN(C(=O)OCc2ccccc2)CCO1. The van der Waals surface area contributed by atoms with Crippen LogP contribution in [0, 0.1) is 0 Å². The first-order valence-electron chi connectivity index (χ1n) is 8.77. The quantitative estimate of drug-likeness (QED) is 0.803. The van der Waals surface area contributed by atoms with Gasteiger partial charge in [-0.25, -0.2) is 4.79 Å². The fraction of sp³-hybridized carbons (Fsp3) is 0.632. The van der Waals surface area contributed by atoms with E-state index in [0.717, 1.165) is 12.1 Å². The van der Waals surface area contributed by atoms with Gasteiger partial charge in [0, 0.05) is 23.9 Å². The summed E-state index contributed by atoms with van der Waals surface area (Å²) in [6.45, 7) is 9.42. The van der Waals surface area contributed by atoms with Crippen molar-refractivity contribution in [1.82, 2.24) is 10.2 Å². The summed E-state index contributed by atoms with van der Waals surface area (Å²) in [7, 11) is 0. The highest BCUT2D eigenvalue weighted by molar-refractivity contribution is 7.99. The maximum atomic E-state index is 12.3. The second-order valence-electron chi connectivity index (χ2n) is 7.03. The summed E-state index contributed by atoms with van der Waals surface area (Å²) in [5.41, 5.74) is 0.995. The van der Waals surface area contributed by atoms with Crippen molar-refractivity contribution in [2.75, 3.05) is 32.5 Å². The van der Waals surface area contributed by atoms with Crippen LogP contribution in [0.5, 0.6) is 0 Å². The second kappa shape index (κ2) is 9.46. The van der Waals surface area contributed by atoms with E-state index in [1.807, 2.05) is 42.1 Å². The molecule has 1 aromatic rings. The molecule has 6 heteroatoms. The zero-order chi connectivity index (χ0) is 18.3. The van der Waals surface area contributed by atoms with Crippen LogP contribution >= 0.6 is 11.8 Å². The largest absolute Gasteiger partial charge is 0.445 e. The number of carbonyl (C=O) groups is 1. The molecule has 2 rings (SSSR count). The molecule has 1 aromatic carbocycles. The van der Waals surface area contributed by atoms with Gasteiger partial charge in [-0.15, -0.1) is 0 Å². The third kappa shape index (κ3) is 6.53. The van der Waals surface area contributed by atoms with Crippen LogP contribution in [0.3, 0.4) is 0 Å². The standard InChI is InChI=1S/C19H30N2O3S/c1-15(20-14-19(2,3)25-4)17-12-21(10-11-23-17)18(22)24-13-16-8-6-5-7-9-16/h5-9,15,17,20H,10-14H2,1-4H3/t15-,17+/m0/s1. The minimum absolute atomic E-state index is 0.0179. The molecule has 1 aliphatic rings. The van der Waals surface area contributed by atoms with Gasteiger partial charge in [-0.1, -0.05) is 30.3 Å². The van der Waals surface area contributed by atoms with Crippen molar-refractivity contribution in [3.8, 4) is 0 Å². The van der Waals surface area contributed by atoms with Crippen molar-refractivity contribution in [2.24, 2.45) is 0 Å². The first kappa shape index (κ1) is 20.1. The molecule has 1 N–H and O–H groups in total. The Morgan fingerprint density at radius 2 is 2.16 bits per heavy atom. The zero-order valence-corrected chi connectivity index (χ0v) is 16.5. The number of morpholine rings is 1. The van der Waals surface area contributed by atoms with E-state index in [-0.39, 0.29) is 23.0 Å². The van der Waals surface area contributed by atoms with Gasteiger partial charge in [0.2, 0.25) is 0 Å². The fourth-order valence-electron chi connectivity index (χ4n) is 2.56. The molecule has 25 heavy (non-hydrogen) atoms. The van der Waals surface area contributed by atoms with Gasteiger partial charge in [0.25, 0.3) is 0 Å². The van der Waals surface area contributed by atoms with Crippen molar-refractivity contribution < 1.29 is 14.3 Å². The first-order valence-corrected chi connectivity index (χ1v) is 9.99. The van der Waals surface area contributed by atoms with Gasteiger partial charge in [-0.2, -0.15) is 11.8 Å². The van der Waals surface area contributed by atoms with Gasteiger partial charge in [-0.05, 0) is 32.6 Å². The van der Waals surface area contributed by atoms with Crippen LogP contribution in [-0.4, -0.2) is 60.4 Å². The van der Waals surface area contributed by atoms with Crippen molar-refractivity contribution in [3.05, 3.63) is 35.9 Å². The third-order valence-electron chi connectivity index (χ3n) is 4.52. The number of nitrogens with zero attached hydrogens (tertiary/aromatic N) is 1. The average molecular weight is 367 g/mol. The molecule has 0 unspecified atom stereocenters. The lowest BCUT2D eigenvalue weighted by atomic mass is 10.1. The molecule has 0 aromatic heterocycles. The van der Waals surface area contributed by atoms with Crippen LogP contribution < -0.4 is 5.32 Å². The summed E-state index contributed by atoms with van der Waals surface area (Å²) in [5, 5.41) is 3.54. The highest BCUT2D eigenvalue weighted by Gasteiger charge is 2.29. The van der Waals surface area contributed by atoms with E-state index in [1.165, 1.54) is 0 Å². The minimum atomic E-state index is -0.270. The van der Waals surface area contributed by atoms with Gasteiger partial charge in [0.1, 0.15) is 6.61 Å². The molecule has 1 heterocycles. The number of hydrogen-bond acceptors (Lipinski definition) is 5. The molecule has 1 fully saturated rings. The van der Waals surface area contributed by atoms with Crippen LogP contribution in [0.15, 0.2) is 30.3 Å². The van der Waals surface area contributed by atoms with E-state index in [9.17, 15) is 4.79 Å². The number of amides is 1. The zero-order valence-electron chi connectivity index (χ0n) is 15.7. The normalized spacial score (nSPS) is 19.5. The van der Waals surface area contributed by atoms with Crippen molar-refractivity contribution >= 4 is 17.9 Å². The highest BCUT2D eigenvalue weighted by Crippen LogP contribution is 2.20. The number of benzene rings is 1. The van der Waals surface area contributed by atoms with Crippen molar-refractivity contribution in [1.29, 1.82) is 0 Å². The van der Waals surface area contributed by atoms with Gasteiger partial charge in [0.15, 0.2) is 0 Å². The molecular formula is C19H30N2O3S. The number of rotatable bonds is 7. The topological polar surface area (TPSA) is 50.8 Å². The van der Waals surface area contributed by atoms with Crippen LogP contribution in [0.4, 0.5) is 4.79 Å². The Balaban J connectivity index is 1.80. The monoisotopic (exact) mass is 366 g/mol. The maximum absolute atomic E-state index is 12.3. The number of carbonyl (C=O) groups excluding carboxylic acids is 1. The van der Waals surface area contributed by atoms with E-state index >= 15 is 0 Å². The Morgan fingerprint density at radius 3 is 2.84 bits per heavy atom. The second-order valence-corrected chi connectivity index (χ2v) is 8.54. The summed E-state index contributed by atoms with van der Waals surface area (Å²) in [6, 6.07) is 9.92.